The van der Waals surface area contributed by atoms with Crippen molar-refractivity contribution in [2.75, 3.05) is 32.4 Å². The molecule has 1 aromatic heterocycles. The standard InChI is InChI=1S/C18H24ClN5OS.HI/c1-3-15-12-24(9-10-26-15)18(20-2)21-8-7-16-22-17(23-25-16)13-5-4-6-14(19)11-13;/h4-6,11,15H,3,7-10,12H2,1-2H3,(H,20,21);1H. The summed E-state index contributed by atoms with van der Waals surface area (Å²) in [6.45, 7) is 5.01. The van der Waals surface area contributed by atoms with Crippen molar-refractivity contribution in [3.63, 3.8) is 0 Å². The van der Waals surface area contributed by atoms with Crippen LogP contribution in [-0.4, -0.2) is 58.7 Å². The van der Waals surface area contributed by atoms with Gasteiger partial charge in [-0.25, -0.2) is 0 Å². The summed E-state index contributed by atoms with van der Waals surface area (Å²) in [6, 6.07) is 7.44. The Kier molecular flexibility index (Phi) is 9.17. The first-order valence-electron chi connectivity index (χ1n) is 8.85. The first-order chi connectivity index (χ1) is 12.7. The van der Waals surface area contributed by atoms with Crippen LogP contribution in [0.15, 0.2) is 33.8 Å². The number of hydrogen-bond acceptors (Lipinski definition) is 5. The largest absolute Gasteiger partial charge is 0.356 e. The summed E-state index contributed by atoms with van der Waals surface area (Å²) >= 11 is 8.07. The molecule has 27 heavy (non-hydrogen) atoms. The molecular formula is C18H25ClIN5OS. The Morgan fingerprint density at radius 1 is 1.48 bits per heavy atom. The number of nitrogens with zero attached hydrogens (tertiary/aromatic N) is 4. The molecule has 3 rings (SSSR count). The van der Waals surface area contributed by atoms with Crippen molar-refractivity contribution in [3.05, 3.63) is 35.2 Å². The monoisotopic (exact) mass is 521 g/mol. The van der Waals surface area contributed by atoms with E-state index >= 15 is 0 Å². The van der Waals surface area contributed by atoms with Gasteiger partial charge in [0.05, 0.1) is 0 Å². The Bertz CT molecular complexity index is 757. The highest BCUT2D eigenvalue weighted by Crippen LogP contribution is 2.21. The van der Waals surface area contributed by atoms with Gasteiger partial charge in [0.2, 0.25) is 11.7 Å². The van der Waals surface area contributed by atoms with Gasteiger partial charge in [-0.1, -0.05) is 35.8 Å². The molecule has 0 spiro atoms. The Morgan fingerprint density at radius 2 is 2.33 bits per heavy atom. The van der Waals surface area contributed by atoms with Crippen LogP contribution >= 0.6 is 47.3 Å². The van der Waals surface area contributed by atoms with Gasteiger partial charge in [-0.15, -0.1) is 24.0 Å². The third-order valence-electron chi connectivity index (χ3n) is 4.28. The van der Waals surface area contributed by atoms with Crippen LogP contribution in [0.4, 0.5) is 0 Å². The SMILES string of the molecule is CCC1CN(C(=NC)NCCc2nc(-c3cccc(Cl)c3)no2)CCS1.I. The summed E-state index contributed by atoms with van der Waals surface area (Å²) in [7, 11) is 1.83. The fourth-order valence-corrected chi connectivity index (χ4v) is 4.24. The summed E-state index contributed by atoms with van der Waals surface area (Å²) < 4.78 is 5.35. The van der Waals surface area contributed by atoms with E-state index in [0.717, 1.165) is 30.4 Å². The number of aliphatic imine (C=N–C) groups is 1. The third kappa shape index (κ3) is 6.25. The van der Waals surface area contributed by atoms with Gasteiger partial charge < -0.3 is 14.7 Å². The summed E-state index contributed by atoms with van der Waals surface area (Å²) in [4.78, 5) is 11.2. The Labute approximate surface area is 186 Å². The Morgan fingerprint density at radius 3 is 3.07 bits per heavy atom. The van der Waals surface area contributed by atoms with E-state index < -0.39 is 0 Å². The van der Waals surface area contributed by atoms with Crippen LogP contribution < -0.4 is 5.32 Å². The second-order valence-electron chi connectivity index (χ2n) is 6.09. The van der Waals surface area contributed by atoms with Crippen LogP contribution in [0.1, 0.15) is 19.2 Å². The molecular weight excluding hydrogens is 497 g/mol. The van der Waals surface area contributed by atoms with Crippen molar-refractivity contribution in [2.24, 2.45) is 4.99 Å². The molecule has 1 aliphatic rings. The van der Waals surface area contributed by atoms with Crippen LogP contribution in [0.5, 0.6) is 0 Å². The zero-order valence-electron chi connectivity index (χ0n) is 15.5. The van der Waals surface area contributed by atoms with Gasteiger partial charge in [-0.3, -0.25) is 4.99 Å². The minimum absolute atomic E-state index is 0. The number of hydrogen-bond donors (Lipinski definition) is 1. The molecule has 1 saturated heterocycles. The highest BCUT2D eigenvalue weighted by atomic mass is 127. The van der Waals surface area contributed by atoms with Crippen LogP contribution in [0.3, 0.4) is 0 Å². The van der Waals surface area contributed by atoms with Gasteiger partial charge in [0.15, 0.2) is 5.96 Å². The quantitative estimate of drug-likeness (QED) is 0.365. The normalized spacial score (nSPS) is 17.5. The van der Waals surface area contributed by atoms with Gasteiger partial charge in [0.1, 0.15) is 0 Å². The highest BCUT2D eigenvalue weighted by molar-refractivity contribution is 14.0. The van der Waals surface area contributed by atoms with E-state index in [9.17, 15) is 0 Å². The Balaban J connectivity index is 0.00000261. The summed E-state index contributed by atoms with van der Waals surface area (Å²) in [5, 5.41) is 8.78. The van der Waals surface area contributed by atoms with Crippen molar-refractivity contribution in [1.29, 1.82) is 0 Å². The lowest BCUT2D eigenvalue weighted by Crippen LogP contribution is -2.48. The number of guanidine groups is 1. The van der Waals surface area contributed by atoms with E-state index in [0.29, 0.717) is 35.0 Å². The molecule has 1 aliphatic heterocycles. The van der Waals surface area contributed by atoms with E-state index in [1.807, 2.05) is 31.3 Å². The highest BCUT2D eigenvalue weighted by Gasteiger charge is 2.21. The van der Waals surface area contributed by atoms with Crippen molar-refractivity contribution in [3.8, 4) is 11.4 Å². The molecule has 0 aliphatic carbocycles. The topological polar surface area (TPSA) is 66.5 Å². The number of rotatable bonds is 5. The molecule has 2 heterocycles. The lowest BCUT2D eigenvalue weighted by atomic mass is 10.2. The van der Waals surface area contributed by atoms with Crippen LogP contribution in [0.25, 0.3) is 11.4 Å². The second-order valence-corrected chi connectivity index (χ2v) is 7.94. The fraction of sp³-hybridized carbons (Fsp3) is 0.500. The van der Waals surface area contributed by atoms with E-state index in [1.54, 1.807) is 0 Å². The molecule has 0 bridgehead atoms. The van der Waals surface area contributed by atoms with Crippen molar-refractivity contribution >= 4 is 53.3 Å². The fourth-order valence-electron chi connectivity index (χ4n) is 2.87. The van der Waals surface area contributed by atoms with E-state index in [1.165, 1.54) is 6.42 Å². The molecule has 1 atom stereocenters. The molecule has 2 aromatic rings. The predicted molar refractivity (Wildman–Crippen MR) is 123 cm³/mol. The van der Waals surface area contributed by atoms with E-state index in [-0.39, 0.29) is 24.0 Å². The summed E-state index contributed by atoms with van der Waals surface area (Å²) in [6.07, 6.45) is 1.83. The molecule has 1 aromatic carbocycles. The molecule has 6 nitrogen and oxygen atoms in total. The van der Waals surface area contributed by atoms with Crippen molar-refractivity contribution in [2.45, 2.75) is 25.0 Å². The van der Waals surface area contributed by atoms with Crippen molar-refractivity contribution in [1.82, 2.24) is 20.4 Å². The number of benzene rings is 1. The smallest absolute Gasteiger partial charge is 0.228 e. The molecule has 0 amide bonds. The van der Waals surface area contributed by atoms with Crippen LogP contribution in [0, 0.1) is 0 Å². The molecule has 1 fully saturated rings. The maximum absolute atomic E-state index is 6.01. The first kappa shape index (κ1) is 22.3. The number of aromatic nitrogens is 2. The van der Waals surface area contributed by atoms with Crippen LogP contribution in [0.2, 0.25) is 5.02 Å². The van der Waals surface area contributed by atoms with E-state index in [2.05, 4.69) is 44.0 Å². The lowest BCUT2D eigenvalue weighted by molar-refractivity contribution is 0.375. The molecule has 9 heteroatoms. The molecule has 148 valence electrons. The number of nitrogens with one attached hydrogen (secondary N) is 1. The second kappa shape index (κ2) is 11.1. The molecule has 0 radical (unpaired) electrons. The van der Waals surface area contributed by atoms with Gasteiger partial charge in [0, 0.05) is 54.7 Å². The van der Waals surface area contributed by atoms with Gasteiger partial charge in [-0.05, 0) is 18.6 Å². The molecule has 0 saturated carbocycles. The molecule has 1 N–H and O–H groups in total. The Hall–Kier alpha value is -1.000. The van der Waals surface area contributed by atoms with Gasteiger partial charge in [0.25, 0.3) is 0 Å². The zero-order valence-corrected chi connectivity index (χ0v) is 19.4. The zero-order chi connectivity index (χ0) is 18.4. The number of thioether (sulfide) groups is 1. The minimum Gasteiger partial charge on any atom is -0.356 e. The van der Waals surface area contributed by atoms with E-state index in [4.69, 9.17) is 16.1 Å². The van der Waals surface area contributed by atoms with Gasteiger partial charge >= 0.3 is 0 Å². The van der Waals surface area contributed by atoms with Gasteiger partial charge in [-0.2, -0.15) is 16.7 Å². The average molecular weight is 522 g/mol. The summed E-state index contributed by atoms with van der Waals surface area (Å²) in [5.41, 5.74) is 0.854. The maximum atomic E-state index is 6.01. The lowest BCUT2D eigenvalue weighted by Gasteiger charge is -2.34. The minimum atomic E-state index is 0. The molecule has 1 unspecified atom stereocenters. The first-order valence-corrected chi connectivity index (χ1v) is 10.3. The average Bonchev–Trinajstić information content (AvgIpc) is 3.14. The maximum Gasteiger partial charge on any atom is 0.228 e. The predicted octanol–water partition coefficient (Wildman–Crippen LogP) is 3.95. The summed E-state index contributed by atoms with van der Waals surface area (Å²) in [5.74, 6) is 3.25. The van der Waals surface area contributed by atoms with Crippen molar-refractivity contribution < 1.29 is 4.52 Å². The number of halogens is 2. The third-order valence-corrected chi connectivity index (χ3v) is 5.89. The van der Waals surface area contributed by atoms with Crippen LogP contribution in [-0.2, 0) is 6.42 Å².